The molecule has 0 amide bonds. The van der Waals surface area contributed by atoms with Crippen molar-refractivity contribution in [2.24, 2.45) is 11.7 Å². The van der Waals surface area contributed by atoms with Crippen molar-refractivity contribution in [3.8, 4) is 0 Å². The van der Waals surface area contributed by atoms with Crippen LogP contribution in [0.4, 0.5) is 0 Å². The van der Waals surface area contributed by atoms with E-state index in [0.717, 1.165) is 19.6 Å². The summed E-state index contributed by atoms with van der Waals surface area (Å²) in [6, 6.07) is 0. The Bertz CT molecular complexity index is 84.3. The van der Waals surface area contributed by atoms with Gasteiger partial charge in [0.25, 0.3) is 0 Å². The molecule has 1 rings (SSSR count). The zero-order valence-electron chi connectivity index (χ0n) is 6.17. The van der Waals surface area contributed by atoms with Gasteiger partial charge in [-0.1, -0.05) is 0 Å². The van der Waals surface area contributed by atoms with Crippen molar-refractivity contribution in [2.45, 2.75) is 0 Å². The highest BCUT2D eigenvalue weighted by Crippen LogP contribution is 2.09. The van der Waals surface area contributed by atoms with Crippen molar-refractivity contribution < 1.29 is 0 Å². The maximum Gasteiger partial charge on any atom is 0.0183 e. The maximum absolute atomic E-state index is 5.50. The molecule has 9 heavy (non-hydrogen) atoms. The quantitative estimate of drug-likeness (QED) is 0.511. The molecule has 0 aromatic heterocycles. The predicted molar refractivity (Wildman–Crippen MR) is 37.8 cm³/mol. The number of rotatable bonds is 1. The molecule has 0 unspecified atom stereocenters. The molecule has 0 atom stereocenters. The van der Waals surface area contributed by atoms with E-state index >= 15 is 0 Å². The molecule has 1 aliphatic heterocycles. The van der Waals surface area contributed by atoms with Gasteiger partial charge in [-0.2, -0.15) is 0 Å². The number of hydrogen-bond acceptors (Lipinski definition) is 3. The predicted octanol–water partition coefficient (Wildman–Crippen LogP) is -0.646. The lowest BCUT2D eigenvalue weighted by molar-refractivity contribution is 0.0894. The Kier molecular flexibility index (Phi) is 2.05. The van der Waals surface area contributed by atoms with Gasteiger partial charge in [0, 0.05) is 27.2 Å². The first-order valence-corrected chi connectivity index (χ1v) is 3.36. The molecular weight excluding hydrogens is 114 g/mol. The van der Waals surface area contributed by atoms with Gasteiger partial charge in [-0.15, -0.1) is 0 Å². The van der Waals surface area contributed by atoms with Crippen LogP contribution in [0.15, 0.2) is 0 Å². The second kappa shape index (κ2) is 2.64. The van der Waals surface area contributed by atoms with E-state index < -0.39 is 0 Å². The molecule has 1 fully saturated rings. The third-order valence-corrected chi connectivity index (χ3v) is 1.96. The van der Waals surface area contributed by atoms with Crippen LogP contribution in [-0.2, 0) is 0 Å². The summed E-state index contributed by atoms with van der Waals surface area (Å²) in [7, 11) is 4.19. The summed E-state index contributed by atoms with van der Waals surface area (Å²) in [6.45, 7) is 3.05. The summed E-state index contributed by atoms with van der Waals surface area (Å²) in [4.78, 5) is 0. The van der Waals surface area contributed by atoms with Crippen molar-refractivity contribution >= 4 is 0 Å². The minimum atomic E-state index is 0.681. The van der Waals surface area contributed by atoms with Gasteiger partial charge in [-0.25, -0.2) is 10.0 Å². The molecule has 3 heteroatoms. The Morgan fingerprint density at radius 1 is 1.33 bits per heavy atom. The zero-order valence-corrected chi connectivity index (χ0v) is 6.17. The normalized spacial score (nSPS) is 25.7. The largest absolute Gasteiger partial charge is 0.330 e. The second-order valence-corrected chi connectivity index (χ2v) is 2.78. The van der Waals surface area contributed by atoms with Crippen molar-refractivity contribution in [1.82, 2.24) is 10.0 Å². The first-order chi connectivity index (χ1) is 4.24. The van der Waals surface area contributed by atoms with Crippen LogP contribution in [0, 0.1) is 5.92 Å². The second-order valence-electron chi connectivity index (χ2n) is 2.78. The van der Waals surface area contributed by atoms with Crippen LogP contribution in [-0.4, -0.2) is 43.7 Å². The molecule has 0 aromatic rings. The van der Waals surface area contributed by atoms with Crippen molar-refractivity contribution in [1.29, 1.82) is 0 Å². The summed E-state index contributed by atoms with van der Waals surface area (Å²) in [5, 5.41) is 4.41. The molecule has 0 radical (unpaired) electrons. The lowest BCUT2D eigenvalue weighted by atomic mass is 10.2. The molecular formula is C6H15N3. The number of nitrogens with zero attached hydrogens (tertiary/aromatic N) is 2. The van der Waals surface area contributed by atoms with Crippen LogP contribution in [0.3, 0.4) is 0 Å². The minimum absolute atomic E-state index is 0.681. The first-order valence-electron chi connectivity index (χ1n) is 3.36. The van der Waals surface area contributed by atoms with Gasteiger partial charge in [-0.05, 0) is 12.5 Å². The summed E-state index contributed by atoms with van der Waals surface area (Å²) in [6.07, 6.45) is 0. The van der Waals surface area contributed by atoms with E-state index in [-0.39, 0.29) is 0 Å². The molecule has 0 spiro atoms. The van der Waals surface area contributed by atoms with E-state index in [1.54, 1.807) is 0 Å². The monoisotopic (exact) mass is 129 g/mol. The van der Waals surface area contributed by atoms with Gasteiger partial charge in [-0.3, -0.25) is 0 Å². The average Bonchev–Trinajstić information content (AvgIpc) is 2.13. The van der Waals surface area contributed by atoms with E-state index in [2.05, 4.69) is 24.1 Å². The Hall–Kier alpha value is -0.120. The highest BCUT2D eigenvalue weighted by molar-refractivity contribution is 4.72. The molecule has 0 bridgehead atoms. The standard InChI is InChI=1S/C6H15N3/c1-8-4-6(3-7)5-9(8)2/h6H,3-5,7H2,1-2H3. The molecule has 0 aromatic carbocycles. The van der Waals surface area contributed by atoms with Crippen LogP contribution in [0.2, 0.25) is 0 Å². The third-order valence-electron chi connectivity index (χ3n) is 1.96. The van der Waals surface area contributed by atoms with Gasteiger partial charge in [0.1, 0.15) is 0 Å². The van der Waals surface area contributed by atoms with Crippen LogP contribution in [0.1, 0.15) is 0 Å². The van der Waals surface area contributed by atoms with Crippen molar-refractivity contribution in [3.63, 3.8) is 0 Å². The average molecular weight is 129 g/mol. The Morgan fingerprint density at radius 2 is 1.78 bits per heavy atom. The molecule has 2 N–H and O–H groups in total. The highest BCUT2D eigenvalue weighted by Gasteiger charge is 2.22. The molecule has 54 valence electrons. The molecule has 0 saturated carbocycles. The third kappa shape index (κ3) is 1.41. The topological polar surface area (TPSA) is 32.5 Å². The molecule has 0 aliphatic carbocycles. The Balaban J connectivity index is 2.35. The van der Waals surface area contributed by atoms with Gasteiger partial charge < -0.3 is 5.73 Å². The van der Waals surface area contributed by atoms with Crippen molar-refractivity contribution in [2.75, 3.05) is 33.7 Å². The van der Waals surface area contributed by atoms with Gasteiger partial charge in [0.15, 0.2) is 0 Å². The van der Waals surface area contributed by atoms with E-state index in [4.69, 9.17) is 5.73 Å². The SMILES string of the molecule is CN1CC(CN)CN1C. The minimum Gasteiger partial charge on any atom is -0.330 e. The van der Waals surface area contributed by atoms with Crippen LogP contribution in [0.5, 0.6) is 0 Å². The van der Waals surface area contributed by atoms with E-state index in [1.807, 2.05) is 0 Å². The molecule has 1 aliphatic rings. The van der Waals surface area contributed by atoms with Crippen LogP contribution >= 0.6 is 0 Å². The molecule has 3 nitrogen and oxygen atoms in total. The maximum atomic E-state index is 5.50. The Labute approximate surface area is 56.4 Å². The lowest BCUT2D eigenvalue weighted by Gasteiger charge is -2.16. The summed E-state index contributed by atoms with van der Waals surface area (Å²) in [5.74, 6) is 0.681. The van der Waals surface area contributed by atoms with E-state index in [9.17, 15) is 0 Å². The van der Waals surface area contributed by atoms with E-state index in [0.29, 0.717) is 5.92 Å². The van der Waals surface area contributed by atoms with Gasteiger partial charge in [0.2, 0.25) is 0 Å². The number of nitrogens with two attached hydrogens (primary N) is 1. The summed E-state index contributed by atoms with van der Waals surface area (Å²) in [5.41, 5.74) is 5.50. The molecule has 1 saturated heterocycles. The van der Waals surface area contributed by atoms with Crippen LogP contribution in [0.25, 0.3) is 0 Å². The number of hydrazine groups is 1. The zero-order chi connectivity index (χ0) is 6.85. The van der Waals surface area contributed by atoms with Crippen LogP contribution < -0.4 is 5.73 Å². The summed E-state index contributed by atoms with van der Waals surface area (Å²) >= 11 is 0. The van der Waals surface area contributed by atoms with Crippen molar-refractivity contribution in [3.05, 3.63) is 0 Å². The number of hydrogen-bond donors (Lipinski definition) is 1. The first kappa shape index (κ1) is 6.99. The van der Waals surface area contributed by atoms with Gasteiger partial charge >= 0.3 is 0 Å². The molecule has 1 heterocycles. The van der Waals surface area contributed by atoms with E-state index in [1.165, 1.54) is 0 Å². The fraction of sp³-hybridized carbons (Fsp3) is 1.00. The lowest BCUT2D eigenvalue weighted by Crippen LogP contribution is -2.28. The summed E-state index contributed by atoms with van der Waals surface area (Å²) < 4.78 is 0. The Morgan fingerprint density at radius 3 is 2.00 bits per heavy atom. The fourth-order valence-corrected chi connectivity index (χ4v) is 1.23. The fourth-order valence-electron chi connectivity index (χ4n) is 1.23. The smallest absolute Gasteiger partial charge is 0.0183 e. The van der Waals surface area contributed by atoms with Gasteiger partial charge in [0.05, 0.1) is 0 Å². The highest BCUT2D eigenvalue weighted by atomic mass is 15.6.